The van der Waals surface area contributed by atoms with Crippen LogP contribution in [0.2, 0.25) is 0 Å². The van der Waals surface area contributed by atoms with Gasteiger partial charge < -0.3 is 10.1 Å². The van der Waals surface area contributed by atoms with Crippen molar-refractivity contribution >= 4 is 0 Å². The van der Waals surface area contributed by atoms with Crippen LogP contribution in [0.15, 0.2) is 12.4 Å². The highest BCUT2D eigenvalue weighted by Gasteiger charge is 2.08. The number of ether oxygens (including phenoxy) is 1. The van der Waals surface area contributed by atoms with E-state index in [2.05, 4.69) is 10.4 Å². The second-order valence-electron chi connectivity index (χ2n) is 4.30. The molecule has 6 heteroatoms. The minimum atomic E-state index is -2.38. The van der Waals surface area contributed by atoms with Crippen molar-refractivity contribution < 1.29 is 13.5 Å². The van der Waals surface area contributed by atoms with Crippen molar-refractivity contribution in [3.05, 3.63) is 18.0 Å². The minimum absolute atomic E-state index is 0.280. The van der Waals surface area contributed by atoms with E-state index in [0.717, 1.165) is 19.3 Å². The Morgan fingerprint density at radius 2 is 2.22 bits per heavy atom. The molecule has 1 atom stereocenters. The Labute approximate surface area is 106 Å². The maximum absolute atomic E-state index is 11.9. The molecule has 1 aromatic rings. The molecule has 0 radical (unpaired) electrons. The quantitative estimate of drug-likeness (QED) is 0.686. The molecule has 0 spiro atoms. The molecule has 1 N–H and O–H groups in total. The number of hydrogen-bond donors (Lipinski definition) is 1. The van der Waals surface area contributed by atoms with Crippen molar-refractivity contribution in [3.63, 3.8) is 0 Å². The Balaban J connectivity index is 2.17. The molecule has 18 heavy (non-hydrogen) atoms. The standard InChI is InChI=1S/C12H21F2N3O/c1-15-11(5-6-18-9-12(13)14)4-3-10-7-16-17(2)8-10/h7-8,11-12,15H,3-6,9H2,1-2H3. The fourth-order valence-electron chi connectivity index (χ4n) is 1.77. The minimum Gasteiger partial charge on any atom is -0.375 e. The van der Waals surface area contributed by atoms with Gasteiger partial charge in [0.1, 0.15) is 6.61 Å². The molecule has 0 aliphatic carbocycles. The Bertz CT molecular complexity index is 331. The molecule has 0 saturated heterocycles. The smallest absolute Gasteiger partial charge is 0.261 e. The summed E-state index contributed by atoms with van der Waals surface area (Å²) in [5.41, 5.74) is 1.19. The highest BCUT2D eigenvalue weighted by molar-refractivity contribution is 5.03. The third kappa shape index (κ3) is 6.07. The molecule has 0 aliphatic rings. The number of hydrogen-bond acceptors (Lipinski definition) is 3. The lowest BCUT2D eigenvalue weighted by Crippen LogP contribution is -2.27. The molecule has 1 heterocycles. The van der Waals surface area contributed by atoms with E-state index in [1.807, 2.05) is 26.5 Å². The van der Waals surface area contributed by atoms with Crippen LogP contribution < -0.4 is 5.32 Å². The molecule has 1 unspecified atom stereocenters. The largest absolute Gasteiger partial charge is 0.375 e. The second kappa shape index (κ2) is 8.16. The molecular weight excluding hydrogens is 240 g/mol. The topological polar surface area (TPSA) is 39.1 Å². The van der Waals surface area contributed by atoms with Crippen LogP contribution in [0.4, 0.5) is 8.78 Å². The summed E-state index contributed by atoms with van der Waals surface area (Å²) < 4.78 is 30.4. The van der Waals surface area contributed by atoms with Gasteiger partial charge in [0.2, 0.25) is 0 Å². The SMILES string of the molecule is CNC(CCOCC(F)F)CCc1cnn(C)c1. The summed E-state index contributed by atoms with van der Waals surface area (Å²) in [6.45, 7) is -0.109. The van der Waals surface area contributed by atoms with Crippen molar-refractivity contribution in [2.24, 2.45) is 7.05 Å². The van der Waals surface area contributed by atoms with E-state index in [1.54, 1.807) is 4.68 Å². The zero-order valence-corrected chi connectivity index (χ0v) is 10.9. The fourth-order valence-corrected chi connectivity index (χ4v) is 1.77. The Morgan fingerprint density at radius 3 is 2.78 bits per heavy atom. The number of nitrogens with zero attached hydrogens (tertiary/aromatic N) is 2. The fraction of sp³-hybridized carbons (Fsp3) is 0.750. The van der Waals surface area contributed by atoms with Crippen LogP contribution in [0.1, 0.15) is 18.4 Å². The first kappa shape index (κ1) is 15.0. The van der Waals surface area contributed by atoms with E-state index in [4.69, 9.17) is 4.74 Å². The number of alkyl halides is 2. The average Bonchev–Trinajstić information content (AvgIpc) is 2.74. The van der Waals surface area contributed by atoms with Gasteiger partial charge >= 0.3 is 0 Å². The lowest BCUT2D eigenvalue weighted by molar-refractivity contribution is 0.0144. The van der Waals surface area contributed by atoms with E-state index in [1.165, 1.54) is 5.56 Å². The molecule has 0 aromatic carbocycles. The molecule has 0 bridgehead atoms. The van der Waals surface area contributed by atoms with E-state index in [9.17, 15) is 8.78 Å². The Kier molecular flexibility index (Phi) is 6.82. The van der Waals surface area contributed by atoms with Gasteiger partial charge in [-0.3, -0.25) is 4.68 Å². The van der Waals surface area contributed by atoms with Crippen LogP contribution in [-0.2, 0) is 18.2 Å². The van der Waals surface area contributed by atoms with Crippen molar-refractivity contribution in [1.29, 1.82) is 0 Å². The lowest BCUT2D eigenvalue weighted by Gasteiger charge is -2.15. The van der Waals surface area contributed by atoms with Crippen LogP contribution in [0.3, 0.4) is 0 Å². The first-order valence-corrected chi connectivity index (χ1v) is 6.12. The molecule has 0 fully saturated rings. The van der Waals surface area contributed by atoms with Gasteiger partial charge in [-0.2, -0.15) is 5.10 Å². The van der Waals surface area contributed by atoms with Gasteiger partial charge in [0.25, 0.3) is 6.43 Å². The highest BCUT2D eigenvalue weighted by Crippen LogP contribution is 2.07. The number of halogens is 2. The summed E-state index contributed by atoms with van der Waals surface area (Å²) in [7, 11) is 3.76. The van der Waals surface area contributed by atoms with Crippen LogP contribution in [-0.4, -0.2) is 42.5 Å². The molecule has 104 valence electrons. The molecular formula is C12H21F2N3O. The zero-order valence-electron chi connectivity index (χ0n) is 10.9. The number of aromatic nitrogens is 2. The second-order valence-corrected chi connectivity index (χ2v) is 4.30. The van der Waals surface area contributed by atoms with Crippen molar-refractivity contribution in [2.75, 3.05) is 20.3 Å². The van der Waals surface area contributed by atoms with Crippen molar-refractivity contribution in [1.82, 2.24) is 15.1 Å². The van der Waals surface area contributed by atoms with Crippen LogP contribution >= 0.6 is 0 Å². The van der Waals surface area contributed by atoms with Crippen molar-refractivity contribution in [2.45, 2.75) is 31.7 Å². The van der Waals surface area contributed by atoms with Gasteiger partial charge in [0.05, 0.1) is 6.20 Å². The van der Waals surface area contributed by atoms with E-state index < -0.39 is 13.0 Å². The van der Waals surface area contributed by atoms with Gasteiger partial charge in [-0.25, -0.2) is 8.78 Å². The molecule has 0 amide bonds. The van der Waals surface area contributed by atoms with Crippen molar-refractivity contribution in [3.8, 4) is 0 Å². The van der Waals surface area contributed by atoms with Crippen LogP contribution in [0.5, 0.6) is 0 Å². The van der Waals surface area contributed by atoms with Crippen LogP contribution in [0, 0.1) is 0 Å². The van der Waals surface area contributed by atoms with Gasteiger partial charge in [-0.15, -0.1) is 0 Å². The normalized spacial score (nSPS) is 13.2. The predicted octanol–water partition coefficient (Wildman–Crippen LogP) is 1.61. The van der Waals surface area contributed by atoms with Gasteiger partial charge in [0, 0.05) is 25.9 Å². The zero-order chi connectivity index (χ0) is 13.4. The summed E-state index contributed by atoms with van der Waals surface area (Å²) in [6.07, 6.45) is 4.06. The lowest BCUT2D eigenvalue weighted by atomic mass is 10.1. The highest BCUT2D eigenvalue weighted by atomic mass is 19.3. The van der Waals surface area contributed by atoms with Gasteiger partial charge in [0.15, 0.2) is 0 Å². The molecule has 1 rings (SSSR count). The Hall–Kier alpha value is -1.01. The van der Waals surface area contributed by atoms with Gasteiger partial charge in [-0.05, 0) is 31.9 Å². The van der Waals surface area contributed by atoms with E-state index >= 15 is 0 Å². The molecule has 0 saturated carbocycles. The summed E-state index contributed by atoms with van der Waals surface area (Å²) in [5.74, 6) is 0. The molecule has 0 aliphatic heterocycles. The average molecular weight is 261 g/mol. The predicted molar refractivity (Wildman–Crippen MR) is 65.8 cm³/mol. The summed E-state index contributed by atoms with van der Waals surface area (Å²) >= 11 is 0. The molecule has 4 nitrogen and oxygen atoms in total. The summed E-state index contributed by atoms with van der Waals surface area (Å²) in [4.78, 5) is 0. The Morgan fingerprint density at radius 1 is 1.44 bits per heavy atom. The third-order valence-electron chi connectivity index (χ3n) is 2.80. The summed E-state index contributed by atoms with van der Waals surface area (Å²) in [5, 5.41) is 7.28. The number of aryl methyl sites for hydroxylation is 2. The van der Waals surface area contributed by atoms with E-state index in [-0.39, 0.29) is 6.04 Å². The molecule has 1 aromatic heterocycles. The first-order valence-electron chi connectivity index (χ1n) is 6.12. The third-order valence-corrected chi connectivity index (χ3v) is 2.80. The van der Waals surface area contributed by atoms with Gasteiger partial charge in [-0.1, -0.05) is 0 Å². The monoisotopic (exact) mass is 261 g/mol. The number of rotatable bonds is 9. The first-order chi connectivity index (χ1) is 8.61. The van der Waals surface area contributed by atoms with E-state index in [0.29, 0.717) is 6.61 Å². The maximum atomic E-state index is 11.9. The number of nitrogens with one attached hydrogen (secondary N) is 1. The van der Waals surface area contributed by atoms with Crippen LogP contribution in [0.25, 0.3) is 0 Å². The maximum Gasteiger partial charge on any atom is 0.261 e. The summed E-state index contributed by atoms with van der Waals surface area (Å²) in [6, 6.07) is 0.280.